The number of aromatic amines is 1. The highest BCUT2D eigenvalue weighted by Crippen LogP contribution is 2.77. The molecule has 0 bridgehead atoms. The van der Waals surface area contributed by atoms with Gasteiger partial charge < -0.3 is 20.1 Å². The molecule has 0 aliphatic heterocycles. The summed E-state index contributed by atoms with van der Waals surface area (Å²) in [6.45, 7) is 24.5. The summed E-state index contributed by atoms with van der Waals surface area (Å²) < 4.78 is 6.44. The van der Waals surface area contributed by atoms with E-state index >= 15 is 0 Å². The molecule has 0 saturated heterocycles. The average molecular weight is 768 g/mol. The summed E-state index contributed by atoms with van der Waals surface area (Å²) >= 11 is 0. The standard InChI is InChI=1S/C48H69N3O5/c1-27(2)39-35(52)25-48(21-22-49-26-29-11-13-33-34(23-29)51-28(3)50-33)20-19-46(9)30(40(39)48)12-14-37-45(8)17-16-38(44(6,7)36(45)15-18-47(37,46)10)56-42(55)32-24-31(41(53)54)43(32,4)5/h11,13,23,27,30-32,36-38,49H,12,14-22,24-26H2,1-10H3,(H,50,51)(H,53,54)/t30-,31+,32-,36+,37-,38+,45+,46-,47-,48-/m1/s1. The first-order valence-corrected chi connectivity index (χ1v) is 22.1. The molecule has 8 heteroatoms. The molecule has 0 unspecified atom stereocenters. The lowest BCUT2D eigenvalue weighted by atomic mass is 9.33. The van der Waals surface area contributed by atoms with Crippen LogP contribution in [-0.4, -0.2) is 45.4 Å². The number of ketones is 1. The van der Waals surface area contributed by atoms with Crippen LogP contribution >= 0.6 is 0 Å². The highest BCUT2D eigenvalue weighted by Gasteiger charge is 2.70. The molecule has 8 nitrogen and oxygen atoms in total. The maximum Gasteiger partial charge on any atom is 0.309 e. The van der Waals surface area contributed by atoms with Crippen molar-refractivity contribution in [3.05, 3.63) is 40.7 Å². The highest BCUT2D eigenvalue weighted by atomic mass is 16.5. The minimum Gasteiger partial charge on any atom is -0.481 e. The van der Waals surface area contributed by atoms with Gasteiger partial charge in [0.2, 0.25) is 0 Å². The molecule has 0 spiro atoms. The van der Waals surface area contributed by atoms with Gasteiger partial charge >= 0.3 is 11.9 Å². The number of imidazole rings is 1. The summed E-state index contributed by atoms with van der Waals surface area (Å²) in [6.07, 6.45) is 10.7. The van der Waals surface area contributed by atoms with E-state index in [0.29, 0.717) is 36.4 Å². The number of aromatic nitrogens is 2. The molecule has 0 amide bonds. The highest BCUT2D eigenvalue weighted by molar-refractivity contribution is 6.00. The number of H-pyrrole nitrogens is 1. The molecule has 6 aliphatic carbocycles. The van der Waals surface area contributed by atoms with Gasteiger partial charge in [-0.2, -0.15) is 0 Å². The van der Waals surface area contributed by atoms with Crippen LogP contribution in [0.15, 0.2) is 29.3 Å². The minimum absolute atomic E-state index is 0.0496. The number of Topliss-reactive ketones (excluding diaryl/α,β-unsaturated/α-hetero) is 1. The molecular formula is C48H69N3O5. The van der Waals surface area contributed by atoms with Crippen LogP contribution in [0.5, 0.6) is 0 Å². The lowest BCUT2D eigenvalue weighted by Gasteiger charge is -2.72. The Labute approximate surface area is 335 Å². The third-order valence-electron chi connectivity index (χ3n) is 18.4. The summed E-state index contributed by atoms with van der Waals surface area (Å²) in [6, 6.07) is 6.48. The predicted octanol–water partition coefficient (Wildman–Crippen LogP) is 9.99. The molecular weight excluding hydrogens is 699 g/mol. The second-order valence-corrected chi connectivity index (χ2v) is 21.9. The summed E-state index contributed by atoms with van der Waals surface area (Å²) in [4.78, 5) is 47.5. The molecule has 5 fully saturated rings. The van der Waals surface area contributed by atoms with Gasteiger partial charge in [0.25, 0.3) is 0 Å². The molecule has 306 valence electrons. The van der Waals surface area contributed by atoms with E-state index in [-0.39, 0.29) is 51.0 Å². The Morgan fingerprint density at radius 1 is 0.929 bits per heavy atom. The van der Waals surface area contributed by atoms with Gasteiger partial charge in [0.15, 0.2) is 5.78 Å². The number of aryl methyl sites for hydroxylation is 1. The van der Waals surface area contributed by atoms with Crippen molar-refractivity contribution in [3.8, 4) is 0 Å². The number of carbonyl (C=O) groups is 3. The number of nitrogens with one attached hydrogen (secondary N) is 2. The van der Waals surface area contributed by atoms with Gasteiger partial charge in [-0.1, -0.05) is 74.0 Å². The number of hydrogen-bond donors (Lipinski definition) is 3. The Kier molecular flexibility index (Phi) is 9.43. The number of fused-ring (bicyclic) bond motifs is 8. The number of esters is 1. The van der Waals surface area contributed by atoms with Crippen molar-refractivity contribution in [2.24, 2.45) is 68.0 Å². The molecule has 6 aliphatic rings. The molecule has 1 aromatic heterocycles. The zero-order valence-corrected chi connectivity index (χ0v) is 36.0. The fourth-order valence-corrected chi connectivity index (χ4v) is 15.1. The van der Waals surface area contributed by atoms with E-state index in [1.54, 1.807) is 5.57 Å². The van der Waals surface area contributed by atoms with E-state index in [2.05, 4.69) is 82.0 Å². The number of allylic oxidation sites excluding steroid dienone is 2. The van der Waals surface area contributed by atoms with Crippen LogP contribution in [0.2, 0.25) is 0 Å². The topological polar surface area (TPSA) is 121 Å². The number of nitrogens with zero attached hydrogens (tertiary/aromatic N) is 1. The summed E-state index contributed by atoms with van der Waals surface area (Å²) in [7, 11) is 0. The molecule has 0 radical (unpaired) electrons. The SMILES string of the molecule is Cc1nc2ccc(CNCC[C@@]34CC[C@]5(C)[C@H](CC[C@@H]6[C@@]7(C)CC[C@H](OC(=O)[C@H]8C[C@@H](C(=O)O)C8(C)C)C(C)(C)[C@@H]7CC[C@]65C)C3=C(C(C)C)C(=O)C4)cc2[nH]1. The molecule has 56 heavy (non-hydrogen) atoms. The molecule has 1 heterocycles. The lowest BCUT2D eigenvalue weighted by molar-refractivity contribution is -0.236. The van der Waals surface area contributed by atoms with Crippen molar-refractivity contribution < 1.29 is 24.2 Å². The Balaban J connectivity index is 1.01. The van der Waals surface area contributed by atoms with Crippen molar-refractivity contribution in [2.75, 3.05) is 6.54 Å². The van der Waals surface area contributed by atoms with Crippen LogP contribution in [0.25, 0.3) is 11.0 Å². The number of hydrogen-bond acceptors (Lipinski definition) is 6. The van der Waals surface area contributed by atoms with Crippen LogP contribution in [0.4, 0.5) is 0 Å². The van der Waals surface area contributed by atoms with Crippen molar-refractivity contribution in [1.82, 2.24) is 15.3 Å². The molecule has 8 rings (SSSR count). The first-order chi connectivity index (χ1) is 26.2. The smallest absolute Gasteiger partial charge is 0.309 e. The van der Waals surface area contributed by atoms with Gasteiger partial charge in [-0.05, 0) is 146 Å². The molecule has 2 aromatic rings. The first-order valence-electron chi connectivity index (χ1n) is 22.1. The third-order valence-corrected chi connectivity index (χ3v) is 18.4. The quantitative estimate of drug-likeness (QED) is 0.172. The monoisotopic (exact) mass is 768 g/mol. The van der Waals surface area contributed by atoms with Gasteiger partial charge in [0.05, 0.1) is 22.9 Å². The van der Waals surface area contributed by atoms with E-state index in [1.807, 2.05) is 20.8 Å². The Hall–Kier alpha value is -3.00. The number of carbonyl (C=O) groups excluding carboxylic acids is 2. The zero-order chi connectivity index (χ0) is 40.4. The second kappa shape index (κ2) is 13.3. The number of rotatable bonds is 9. The van der Waals surface area contributed by atoms with E-state index < -0.39 is 17.3 Å². The number of aliphatic carboxylic acids is 1. The van der Waals surface area contributed by atoms with Crippen LogP contribution < -0.4 is 5.32 Å². The predicted molar refractivity (Wildman–Crippen MR) is 219 cm³/mol. The van der Waals surface area contributed by atoms with Crippen LogP contribution in [0, 0.1) is 74.9 Å². The number of benzene rings is 1. The summed E-state index contributed by atoms with van der Waals surface area (Å²) in [5, 5.41) is 13.5. The van der Waals surface area contributed by atoms with Crippen LogP contribution in [0.3, 0.4) is 0 Å². The first kappa shape index (κ1) is 39.8. The van der Waals surface area contributed by atoms with Gasteiger partial charge in [0, 0.05) is 23.8 Å². The molecule has 10 atom stereocenters. The maximum atomic E-state index is 14.1. The number of carboxylic acid groups (broad SMARTS) is 1. The van der Waals surface area contributed by atoms with Crippen molar-refractivity contribution in [1.29, 1.82) is 0 Å². The maximum absolute atomic E-state index is 14.1. The van der Waals surface area contributed by atoms with Gasteiger partial charge in [-0.15, -0.1) is 0 Å². The van der Waals surface area contributed by atoms with Crippen molar-refractivity contribution >= 4 is 28.8 Å². The van der Waals surface area contributed by atoms with Crippen LogP contribution in [-0.2, 0) is 25.7 Å². The number of carboxylic acids is 1. The van der Waals surface area contributed by atoms with Crippen LogP contribution in [0.1, 0.15) is 144 Å². The van der Waals surface area contributed by atoms with Crippen molar-refractivity contribution in [2.45, 2.75) is 153 Å². The Morgan fingerprint density at radius 2 is 1.68 bits per heavy atom. The van der Waals surface area contributed by atoms with Crippen molar-refractivity contribution in [3.63, 3.8) is 0 Å². The van der Waals surface area contributed by atoms with E-state index in [4.69, 9.17) is 4.74 Å². The van der Waals surface area contributed by atoms with Gasteiger partial charge in [-0.25, -0.2) is 4.98 Å². The fraction of sp³-hybridized carbons (Fsp3) is 0.750. The zero-order valence-electron chi connectivity index (χ0n) is 36.0. The fourth-order valence-electron chi connectivity index (χ4n) is 15.1. The molecule has 1 aromatic carbocycles. The van der Waals surface area contributed by atoms with E-state index in [9.17, 15) is 19.5 Å². The Morgan fingerprint density at radius 3 is 2.38 bits per heavy atom. The second-order valence-electron chi connectivity index (χ2n) is 21.9. The normalized spacial score (nSPS) is 39.7. The largest absolute Gasteiger partial charge is 0.481 e. The summed E-state index contributed by atoms with van der Waals surface area (Å²) in [5.74, 6) is 1.14. The Bertz CT molecular complexity index is 1970. The van der Waals surface area contributed by atoms with E-state index in [1.165, 1.54) is 18.4 Å². The summed E-state index contributed by atoms with van der Waals surface area (Å²) in [5.41, 5.74) is 5.63. The molecule has 5 saturated carbocycles. The average Bonchev–Trinajstić information content (AvgIpc) is 3.63. The molecule has 3 N–H and O–H groups in total. The van der Waals surface area contributed by atoms with E-state index in [0.717, 1.165) is 80.5 Å². The number of ether oxygens (including phenoxy) is 1. The lowest BCUT2D eigenvalue weighted by Crippen LogP contribution is -2.66. The van der Waals surface area contributed by atoms with Gasteiger partial charge in [0.1, 0.15) is 11.9 Å². The minimum atomic E-state index is -0.816. The third kappa shape index (κ3) is 5.67. The van der Waals surface area contributed by atoms with Gasteiger partial charge in [-0.3, -0.25) is 14.4 Å².